The van der Waals surface area contributed by atoms with E-state index in [4.69, 9.17) is 0 Å². The molecule has 4 heteroatoms. The summed E-state index contributed by atoms with van der Waals surface area (Å²) in [5.41, 5.74) is 1.38. The van der Waals surface area contributed by atoms with Crippen molar-refractivity contribution in [2.45, 2.75) is 38.6 Å². The van der Waals surface area contributed by atoms with Gasteiger partial charge < -0.3 is 0 Å². The summed E-state index contributed by atoms with van der Waals surface area (Å²) in [6.45, 7) is 1.82. The van der Waals surface area contributed by atoms with Gasteiger partial charge in [-0.15, -0.1) is 5.10 Å². The van der Waals surface area contributed by atoms with Crippen molar-refractivity contribution < 1.29 is 4.79 Å². The lowest BCUT2D eigenvalue weighted by Crippen LogP contribution is -2.10. The molecule has 1 aromatic rings. The molecule has 1 heterocycles. The highest BCUT2D eigenvalue weighted by Crippen LogP contribution is 2.29. The number of hydrogen-bond acceptors (Lipinski definition) is 3. The lowest BCUT2D eigenvalue weighted by atomic mass is 10.2. The third-order valence-corrected chi connectivity index (χ3v) is 2.69. The Morgan fingerprint density at radius 3 is 2.77 bits per heavy atom. The summed E-state index contributed by atoms with van der Waals surface area (Å²) in [6, 6.07) is 0.404. The predicted molar refractivity (Wildman–Crippen MR) is 47.7 cm³/mol. The minimum Gasteiger partial charge on any atom is -0.296 e. The van der Waals surface area contributed by atoms with Crippen molar-refractivity contribution in [3.05, 3.63) is 11.4 Å². The molecule has 0 saturated heterocycles. The monoisotopic (exact) mass is 179 g/mol. The lowest BCUT2D eigenvalue weighted by molar-refractivity contribution is 0.111. The van der Waals surface area contributed by atoms with E-state index < -0.39 is 0 Å². The standard InChI is InChI=1S/C9H13N3O/c1-7-9(6-13)12(11-10-7)8-4-2-3-5-8/h6,8H,2-5H2,1H3. The maximum absolute atomic E-state index is 10.8. The zero-order valence-corrected chi connectivity index (χ0v) is 7.73. The number of carbonyl (C=O) groups excluding carboxylic acids is 1. The molecule has 0 N–H and O–H groups in total. The summed E-state index contributed by atoms with van der Waals surface area (Å²) in [6.07, 6.45) is 5.59. The Kier molecular flexibility index (Phi) is 2.12. The van der Waals surface area contributed by atoms with Crippen molar-refractivity contribution in [2.24, 2.45) is 0 Å². The highest BCUT2D eigenvalue weighted by atomic mass is 16.1. The molecular formula is C9H13N3O. The average Bonchev–Trinajstić information content (AvgIpc) is 2.71. The van der Waals surface area contributed by atoms with E-state index in [1.165, 1.54) is 12.8 Å². The van der Waals surface area contributed by atoms with Crippen molar-refractivity contribution in [2.75, 3.05) is 0 Å². The van der Waals surface area contributed by atoms with Gasteiger partial charge in [0.1, 0.15) is 5.69 Å². The van der Waals surface area contributed by atoms with E-state index in [1.807, 2.05) is 6.92 Å². The lowest BCUT2D eigenvalue weighted by Gasteiger charge is -2.09. The first-order chi connectivity index (χ1) is 6.33. The van der Waals surface area contributed by atoms with Gasteiger partial charge in [0.05, 0.1) is 11.7 Å². The molecule has 1 aliphatic carbocycles. The van der Waals surface area contributed by atoms with Gasteiger partial charge in [0, 0.05) is 0 Å². The van der Waals surface area contributed by atoms with Crippen LogP contribution in [0.25, 0.3) is 0 Å². The number of aldehydes is 1. The van der Waals surface area contributed by atoms with Gasteiger partial charge in [0.25, 0.3) is 0 Å². The minimum absolute atomic E-state index is 0.404. The summed E-state index contributed by atoms with van der Waals surface area (Å²) in [7, 11) is 0. The second-order valence-electron chi connectivity index (χ2n) is 3.56. The molecule has 0 radical (unpaired) electrons. The predicted octanol–water partition coefficient (Wildman–Crippen LogP) is 1.51. The summed E-state index contributed by atoms with van der Waals surface area (Å²) >= 11 is 0. The topological polar surface area (TPSA) is 47.8 Å². The fraction of sp³-hybridized carbons (Fsp3) is 0.667. The van der Waals surface area contributed by atoms with Crippen LogP contribution < -0.4 is 0 Å². The highest BCUT2D eigenvalue weighted by molar-refractivity contribution is 5.73. The first kappa shape index (κ1) is 8.41. The molecule has 0 spiro atoms. The summed E-state index contributed by atoms with van der Waals surface area (Å²) in [5.74, 6) is 0. The molecule has 0 bridgehead atoms. The Balaban J connectivity index is 2.32. The molecule has 2 rings (SSSR count). The zero-order chi connectivity index (χ0) is 9.26. The molecule has 1 fully saturated rings. The van der Waals surface area contributed by atoms with Crippen molar-refractivity contribution in [1.82, 2.24) is 15.0 Å². The van der Waals surface area contributed by atoms with E-state index in [0.717, 1.165) is 24.8 Å². The van der Waals surface area contributed by atoms with Gasteiger partial charge in [0.2, 0.25) is 0 Å². The van der Waals surface area contributed by atoms with Gasteiger partial charge in [-0.1, -0.05) is 18.1 Å². The highest BCUT2D eigenvalue weighted by Gasteiger charge is 2.21. The van der Waals surface area contributed by atoms with Gasteiger partial charge in [0.15, 0.2) is 6.29 Å². The van der Waals surface area contributed by atoms with Crippen molar-refractivity contribution in [1.29, 1.82) is 0 Å². The van der Waals surface area contributed by atoms with Crippen LogP contribution in [0.3, 0.4) is 0 Å². The van der Waals surface area contributed by atoms with Crippen LogP contribution in [-0.2, 0) is 0 Å². The largest absolute Gasteiger partial charge is 0.296 e. The number of aromatic nitrogens is 3. The Morgan fingerprint density at radius 2 is 2.15 bits per heavy atom. The molecular weight excluding hydrogens is 166 g/mol. The maximum Gasteiger partial charge on any atom is 0.170 e. The maximum atomic E-state index is 10.8. The van der Waals surface area contributed by atoms with E-state index in [-0.39, 0.29) is 0 Å². The molecule has 70 valence electrons. The smallest absolute Gasteiger partial charge is 0.170 e. The van der Waals surface area contributed by atoms with Gasteiger partial charge >= 0.3 is 0 Å². The van der Waals surface area contributed by atoms with E-state index >= 15 is 0 Å². The van der Waals surface area contributed by atoms with E-state index in [2.05, 4.69) is 10.3 Å². The van der Waals surface area contributed by atoms with Crippen molar-refractivity contribution >= 4 is 6.29 Å². The van der Waals surface area contributed by atoms with Crippen molar-refractivity contribution in [3.63, 3.8) is 0 Å². The van der Waals surface area contributed by atoms with Crippen LogP contribution in [0.1, 0.15) is 47.9 Å². The summed E-state index contributed by atoms with van der Waals surface area (Å²) in [4.78, 5) is 10.8. The Labute approximate surface area is 76.9 Å². The van der Waals surface area contributed by atoms with Crippen LogP contribution >= 0.6 is 0 Å². The molecule has 1 saturated carbocycles. The van der Waals surface area contributed by atoms with E-state index in [1.54, 1.807) is 4.68 Å². The fourth-order valence-corrected chi connectivity index (χ4v) is 1.94. The van der Waals surface area contributed by atoms with Gasteiger partial charge in [-0.3, -0.25) is 4.79 Å². The first-order valence-electron chi connectivity index (χ1n) is 4.70. The molecule has 1 aliphatic rings. The molecule has 1 aromatic heterocycles. The molecule has 0 aromatic carbocycles. The normalized spacial score (nSPS) is 17.9. The number of aryl methyl sites for hydroxylation is 1. The third-order valence-electron chi connectivity index (χ3n) is 2.69. The average molecular weight is 179 g/mol. The van der Waals surface area contributed by atoms with Crippen LogP contribution in [0.4, 0.5) is 0 Å². The Hall–Kier alpha value is -1.19. The zero-order valence-electron chi connectivity index (χ0n) is 7.73. The number of carbonyl (C=O) groups is 1. The van der Waals surface area contributed by atoms with E-state index in [0.29, 0.717) is 11.7 Å². The number of rotatable bonds is 2. The second-order valence-corrected chi connectivity index (χ2v) is 3.56. The van der Waals surface area contributed by atoms with Crippen LogP contribution in [-0.4, -0.2) is 21.3 Å². The molecule has 0 atom stereocenters. The van der Waals surface area contributed by atoms with Gasteiger partial charge in [-0.2, -0.15) is 0 Å². The molecule has 0 aliphatic heterocycles. The molecule has 4 nitrogen and oxygen atoms in total. The SMILES string of the molecule is Cc1nnn(C2CCCC2)c1C=O. The van der Waals surface area contributed by atoms with Crippen LogP contribution in [0.2, 0.25) is 0 Å². The van der Waals surface area contributed by atoms with Crippen LogP contribution in [0.5, 0.6) is 0 Å². The Bertz CT molecular complexity index is 313. The third kappa shape index (κ3) is 1.36. The molecule has 13 heavy (non-hydrogen) atoms. The van der Waals surface area contributed by atoms with Crippen LogP contribution in [0, 0.1) is 6.92 Å². The fourth-order valence-electron chi connectivity index (χ4n) is 1.94. The Morgan fingerprint density at radius 1 is 1.46 bits per heavy atom. The van der Waals surface area contributed by atoms with E-state index in [9.17, 15) is 4.79 Å². The summed E-state index contributed by atoms with van der Waals surface area (Å²) in [5, 5.41) is 7.92. The first-order valence-corrected chi connectivity index (χ1v) is 4.70. The number of nitrogens with zero attached hydrogens (tertiary/aromatic N) is 3. The van der Waals surface area contributed by atoms with Crippen molar-refractivity contribution in [3.8, 4) is 0 Å². The molecule has 0 unspecified atom stereocenters. The quantitative estimate of drug-likeness (QED) is 0.646. The van der Waals surface area contributed by atoms with Gasteiger partial charge in [-0.25, -0.2) is 4.68 Å². The minimum atomic E-state index is 0.404. The second kappa shape index (κ2) is 3.28. The van der Waals surface area contributed by atoms with Crippen LogP contribution in [0.15, 0.2) is 0 Å². The summed E-state index contributed by atoms with van der Waals surface area (Å²) < 4.78 is 1.79. The number of hydrogen-bond donors (Lipinski definition) is 0. The van der Waals surface area contributed by atoms with Gasteiger partial charge in [-0.05, 0) is 19.8 Å². The molecule has 0 amide bonds.